The fourth-order valence-electron chi connectivity index (χ4n) is 1.51. The van der Waals surface area contributed by atoms with Crippen LogP contribution in [-0.2, 0) is 0 Å². The molecule has 0 bridgehead atoms. The highest BCUT2D eigenvalue weighted by Crippen LogP contribution is 2.17. The average molecular weight is 159 g/mol. The highest BCUT2D eigenvalue weighted by atomic mass is 32.2. The molecule has 0 heterocycles. The van der Waals surface area contributed by atoms with E-state index in [9.17, 15) is 0 Å². The average Bonchev–Trinajstić information content (AvgIpc) is 2.03. The summed E-state index contributed by atoms with van der Waals surface area (Å²) in [5, 5.41) is 3.53. The third-order valence-corrected chi connectivity index (χ3v) is 2.58. The van der Waals surface area contributed by atoms with Crippen LogP contribution >= 0.6 is 11.8 Å². The highest BCUT2D eigenvalue weighted by molar-refractivity contribution is 7.98. The molecule has 0 saturated heterocycles. The van der Waals surface area contributed by atoms with Gasteiger partial charge in [-0.1, -0.05) is 19.3 Å². The number of nitrogens with one attached hydrogen (secondary N) is 1. The van der Waals surface area contributed by atoms with Crippen LogP contribution in [0, 0.1) is 0 Å². The zero-order valence-electron chi connectivity index (χ0n) is 6.73. The summed E-state index contributed by atoms with van der Waals surface area (Å²) in [4.78, 5) is 0. The van der Waals surface area contributed by atoms with Crippen molar-refractivity contribution in [1.29, 1.82) is 0 Å². The van der Waals surface area contributed by atoms with Gasteiger partial charge in [0.1, 0.15) is 0 Å². The first-order chi connectivity index (χ1) is 4.93. The molecule has 2 heteroatoms. The predicted octanol–water partition coefficient (Wildman–Crippen LogP) is 2.23. The van der Waals surface area contributed by atoms with E-state index in [0.717, 1.165) is 11.9 Å². The molecule has 0 spiro atoms. The minimum Gasteiger partial charge on any atom is -0.305 e. The highest BCUT2D eigenvalue weighted by Gasteiger charge is 2.10. The molecule has 1 nitrogen and oxygen atoms in total. The minimum absolute atomic E-state index is 0.834. The lowest BCUT2D eigenvalue weighted by Gasteiger charge is -2.22. The van der Waals surface area contributed by atoms with Gasteiger partial charge in [0.2, 0.25) is 0 Å². The topological polar surface area (TPSA) is 12.0 Å². The van der Waals surface area contributed by atoms with Gasteiger partial charge < -0.3 is 5.32 Å². The summed E-state index contributed by atoms with van der Waals surface area (Å²) >= 11 is 1.88. The molecule has 1 aliphatic carbocycles. The van der Waals surface area contributed by atoms with Crippen LogP contribution in [0.3, 0.4) is 0 Å². The molecule has 0 aromatic rings. The molecule has 1 saturated carbocycles. The van der Waals surface area contributed by atoms with Gasteiger partial charge in [0.15, 0.2) is 0 Å². The van der Waals surface area contributed by atoms with Gasteiger partial charge in [0.25, 0.3) is 0 Å². The molecular weight excluding hydrogens is 142 g/mol. The van der Waals surface area contributed by atoms with E-state index >= 15 is 0 Å². The summed E-state index contributed by atoms with van der Waals surface area (Å²) in [6, 6.07) is 0.834. The zero-order chi connectivity index (χ0) is 7.23. The summed E-state index contributed by atoms with van der Waals surface area (Å²) in [5.41, 5.74) is 0. The Balaban J connectivity index is 2.02. The molecule has 0 aliphatic heterocycles. The van der Waals surface area contributed by atoms with E-state index < -0.39 is 0 Å². The van der Waals surface area contributed by atoms with E-state index in [4.69, 9.17) is 0 Å². The Morgan fingerprint density at radius 1 is 1.30 bits per heavy atom. The van der Waals surface area contributed by atoms with Crippen LogP contribution in [0.2, 0.25) is 0 Å². The Morgan fingerprint density at radius 2 is 2.00 bits per heavy atom. The van der Waals surface area contributed by atoms with E-state index in [1.165, 1.54) is 32.1 Å². The summed E-state index contributed by atoms with van der Waals surface area (Å²) < 4.78 is 0. The first-order valence-corrected chi connectivity index (χ1v) is 5.55. The standard InChI is InChI=1S/C8H17NS/c1-10-7-9-8-5-3-2-4-6-8/h8-9H,2-7H2,1H3. The molecule has 1 rings (SSSR count). The van der Waals surface area contributed by atoms with Crippen LogP contribution in [0.4, 0.5) is 0 Å². The molecule has 0 aromatic heterocycles. The van der Waals surface area contributed by atoms with Crippen molar-refractivity contribution in [2.45, 2.75) is 38.1 Å². The minimum atomic E-state index is 0.834. The fraction of sp³-hybridized carbons (Fsp3) is 1.00. The van der Waals surface area contributed by atoms with Crippen LogP contribution in [0.15, 0.2) is 0 Å². The van der Waals surface area contributed by atoms with Crippen molar-refractivity contribution < 1.29 is 0 Å². The smallest absolute Gasteiger partial charge is 0.0417 e. The van der Waals surface area contributed by atoms with Crippen LogP contribution in [0.5, 0.6) is 0 Å². The molecule has 0 atom stereocenters. The summed E-state index contributed by atoms with van der Waals surface area (Å²) in [6.07, 6.45) is 9.28. The first kappa shape index (κ1) is 8.41. The van der Waals surface area contributed by atoms with Crippen LogP contribution in [-0.4, -0.2) is 18.2 Å². The number of rotatable bonds is 3. The molecule has 0 amide bonds. The van der Waals surface area contributed by atoms with Crippen molar-refractivity contribution in [3.05, 3.63) is 0 Å². The van der Waals surface area contributed by atoms with Gasteiger partial charge in [0.05, 0.1) is 0 Å². The Kier molecular flexibility index (Phi) is 4.23. The molecule has 10 heavy (non-hydrogen) atoms. The Labute approximate surface area is 68.0 Å². The van der Waals surface area contributed by atoms with E-state index in [-0.39, 0.29) is 0 Å². The molecule has 0 unspecified atom stereocenters. The lowest BCUT2D eigenvalue weighted by atomic mass is 9.96. The molecule has 0 aromatic carbocycles. The van der Waals surface area contributed by atoms with Gasteiger partial charge >= 0.3 is 0 Å². The van der Waals surface area contributed by atoms with Gasteiger partial charge in [-0.05, 0) is 19.1 Å². The first-order valence-electron chi connectivity index (χ1n) is 4.16. The van der Waals surface area contributed by atoms with Gasteiger partial charge in [0, 0.05) is 11.9 Å². The number of hydrogen-bond donors (Lipinski definition) is 1. The predicted molar refractivity (Wildman–Crippen MR) is 48.4 cm³/mol. The molecule has 0 radical (unpaired) electrons. The van der Waals surface area contributed by atoms with Crippen molar-refractivity contribution >= 4 is 11.8 Å². The third-order valence-electron chi connectivity index (χ3n) is 2.12. The monoisotopic (exact) mass is 159 g/mol. The van der Waals surface area contributed by atoms with Crippen molar-refractivity contribution in [3.8, 4) is 0 Å². The summed E-state index contributed by atoms with van der Waals surface area (Å²) in [5.74, 6) is 1.13. The number of hydrogen-bond acceptors (Lipinski definition) is 2. The van der Waals surface area contributed by atoms with Gasteiger partial charge in [-0.3, -0.25) is 0 Å². The number of thioether (sulfide) groups is 1. The maximum Gasteiger partial charge on any atom is 0.0417 e. The Morgan fingerprint density at radius 3 is 2.60 bits per heavy atom. The quantitative estimate of drug-likeness (QED) is 0.634. The normalized spacial score (nSPS) is 21.3. The van der Waals surface area contributed by atoms with Gasteiger partial charge in [-0.2, -0.15) is 0 Å². The fourth-order valence-corrected chi connectivity index (χ4v) is 1.91. The lowest BCUT2D eigenvalue weighted by molar-refractivity contribution is 0.391. The van der Waals surface area contributed by atoms with E-state index in [1.807, 2.05) is 11.8 Å². The molecule has 1 aliphatic rings. The van der Waals surface area contributed by atoms with Crippen LogP contribution in [0.1, 0.15) is 32.1 Å². The van der Waals surface area contributed by atoms with E-state index in [0.29, 0.717) is 0 Å². The zero-order valence-corrected chi connectivity index (χ0v) is 7.54. The van der Waals surface area contributed by atoms with Crippen molar-refractivity contribution in [1.82, 2.24) is 5.32 Å². The summed E-state index contributed by atoms with van der Waals surface area (Å²) in [7, 11) is 0. The van der Waals surface area contributed by atoms with Gasteiger partial charge in [-0.25, -0.2) is 0 Å². The van der Waals surface area contributed by atoms with Crippen molar-refractivity contribution in [2.75, 3.05) is 12.1 Å². The van der Waals surface area contributed by atoms with Crippen LogP contribution < -0.4 is 5.32 Å². The van der Waals surface area contributed by atoms with E-state index in [1.54, 1.807) is 0 Å². The Hall–Kier alpha value is 0.310. The summed E-state index contributed by atoms with van der Waals surface area (Å²) in [6.45, 7) is 0. The molecule has 1 N–H and O–H groups in total. The maximum atomic E-state index is 3.53. The SMILES string of the molecule is CSCNC1CCCCC1. The van der Waals surface area contributed by atoms with Gasteiger partial charge in [-0.15, -0.1) is 11.8 Å². The van der Waals surface area contributed by atoms with Crippen molar-refractivity contribution in [3.63, 3.8) is 0 Å². The second-order valence-corrected chi connectivity index (χ2v) is 3.84. The van der Waals surface area contributed by atoms with E-state index in [2.05, 4.69) is 11.6 Å². The largest absolute Gasteiger partial charge is 0.305 e. The van der Waals surface area contributed by atoms with Crippen molar-refractivity contribution in [2.24, 2.45) is 0 Å². The molecule has 60 valence electrons. The third kappa shape index (κ3) is 2.93. The van der Waals surface area contributed by atoms with Crippen LogP contribution in [0.25, 0.3) is 0 Å². The molecule has 1 fully saturated rings. The lowest BCUT2D eigenvalue weighted by Crippen LogP contribution is -2.30. The second-order valence-electron chi connectivity index (χ2n) is 2.97. The Bertz CT molecular complexity index is 79.3. The second kappa shape index (κ2) is 5.03. The molecular formula is C8H17NS. The maximum absolute atomic E-state index is 3.53.